The molecule has 0 aliphatic rings. The van der Waals surface area contributed by atoms with Crippen molar-refractivity contribution in [2.45, 2.75) is 0 Å². The first kappa shape index (κ1) is 14.1. The van der Waals surface area contributed by atoms with Gasteiger partial charge in [0.25, 0.3) is 0 Å². The van der Waals surface area contributed by atoms with Crippen LogP contribution in [0.2, 0.25) is 0 Å². The highest BCUT2D eigenvalue weighted by Crippen LogP contribution is 2.24. The van der Waals surface area contributed by atoms with Gasteiger partial charge in [0.05, 0.1) is 7.11 Å². The van der Waals surface area contributed by atoms with E-state index in [9.17, 15) is 14.0 Å². The molecule has 1 aromatic carbocycles. The summed E-state index contributed by atoms with van der Waals surface area (Å²) in [5.74, 6) is -1.80. The SMILES string of the molecule is COC(=O)COC(=O)c1snnc1-c1ccc(F)cc1. The van der Waals surface area contributed by atoms with Crippen LogP contribution in [0.15, 0.2) is 24.3 Å². The largest absolute Gasteiger partial charge is 0.466 e. The summed E-state index contributed by atoms with van der Waals surface area (Å²) in [6.45, 7) is -0.490. The highest BCUT2D eigenvalue weighted by atomic mass is 32.1. The number of esters is 2. The van der Waals surface area contributed by atoms with Gasteiger partial charge in [0.15, 0.2) is 11.5 Å². The zero-order valence-electron chi connectivity index (χ0n) is 10.3. The van der Waals surface area contributed by atoms with Gasteiger partial charge < -0.3 is 9.47 Å². The molecule has 0 aliphatic heterocycles. The summed E-state index contributed by atoms with van der Waals surface area (Å²) < 4.78 is 25.7. The van der Waals surface area contributed by atoms with Crippen molar-refractivity contribution in [2.75, 3.05) is 13.7 Å². The Morgan fingerprint density at radius 2 is 2.00 bits per heavy atom. The quantitative estimate of drug-likeness (QED) is 0.799. The Morgan fingerprint density at radius 1 is 1.30 bits per heavy atom. The minimum atomic E-state index is -0.732. The van der Waals surface area contributed by atoms with Crippen molar-refractivity contribution in [1.29, 1.82) is 0 Å². The van der Waals surface area contributed by atoms with E-state index in [-0.39, 0.29) is 10.6 Å². The van der Waals surface area contributed by atoms with Gasteiger partial charge >= 0.3 is 11.9 Å². The van der Waals surface area contributed by atoms with E-state index < -0.39 is 24.4 Å². The molecule has 0 bridgehead atoms. The molecule has 2 aromatic rings. The molecule has 0 radical (unpaired) electrons. The summed E-state index contributed by atoms with van der Waals surface area (Å²) in [7, 11) is 1.19. The molecule has 0 amide bonds. The second-order valence-corrected chi connectivity index (χ2v) is 4.36. The predicted octanol–water partition coefficient (Wildman–Crippen LogP) is 1.67. The van der Waals surface area contributed by atoms with Gasteiger partial charge in [-0.05, 0) is 35.8 Å². The maximum atomic E-state index is 12.9. The van der Waals surface area contributed by atoms with E-state index >= 15 is 0 Å². The average molecular weight is 296 g/mol. The molecule has 0 saturated carbocycles. The minimum Gasteiger partial charge on any atom is -0.466 e. The molecule has 0 fully saturated rings. The molecule has 1 heterocycles. The molecule has 104 valence electrons. The van der Waals surface area contributed by atoms with Crippen LogP contribution >= 0.6 is 11.5 Å². The second-order valence-electron chi connectivity index (χ2n) is 3.61. The van der Waals surface area contributed by atoms with Crippen LogP contribution in [0.1, 0.15) is 9.67 Å². The number of rotatable bonds is 4. The molecule has 1 aromatic heterocycles. The number of hydrogen-bond acceptors (Lipinski definition) is 7. The summed E-state index contributed by atoms with van der Waals surface area (Å²) in [6.07, 6.45) is 0. The Bertz CT molecular complexity index is 627. The third kappa shape index (κ3) is 3.15. The van der Waals surface area contributed by atoms with E-state index in [0.29, 0.717) is 5.56 Å². The maximum Gasteiger partial charge on any atom is 0.352 e. The third-order valence-corrected chi connectivity index (χ3v) is 3.05. The first-order valence-corrected chi connectivity index (χ1v) is 6.21. The summed E-state index contributed by atoms with van der Waals surface area (Å²) >= 11 is 0.834. The fourth-order valence-corrected chi connectivity index (χ4v) is 1.95. The normalized spacial score (nSPS) is 10.1. The molecule has 0 atom stereocenters. The Hall–Kier alpha value is -2.35. The number of ether oxygens (including phenoxy) is 2. The van der Waals surface area contributed by atoms with Gasteiger partial charge in [0, 0.05) is 5.56 Å². The van der Waals surface area contributed by atoms with Crippen molar-refractivity contribution >= 4 is 23.5 Å². The van der Waals surface area contributed by atoms with Crippen LogP contribution in [0, 0.1) is 5.82 Å². The van der Waals surface area contributed by atoms with Gasteiger partial charge in [-0.1, -0.05) is 4.49 Å². The molecule has 0 spiro atoms. The lowest BCUT2D eigenvalue weighted by atomic mass is 10.1. The summed E-state index contributed by atoms with van der Waals surface area (Å²) in [5, 5.41) is 3.81. The van der Waals surface area contributed by atoms with Crippen molar-refractivity contribution in [1.82, 2.24) is 9.59 Å². The molecule has 0 saturated heterocycles. The van der Waals surface area contributed by atoms with E-state index in [0.717, 1.165) is 11.5 Å². The van der Waals surface area contributed by atoms with Crippen LogP contribution in [0.25, 0.3) is 11.3 Å². The Labute approximate surface area is 117 Å². The highest BCUT2D eigenvalue weighted by molar-refractivity contribution is 7.08. The van der Waals surface area contributed by atoms with Gasteiger partial charge in [-0.25, -0.2) is 14.0 Å². The monoisotopic (exact) mass is 296 g/mol. The van der Waals surface area contributed by atoms with Gasteiger partial charge in [0.2, 0.25) is 0 Å². The smallest absolute Gasteiger partial charge is 0.352 e. The molecule has 8 heteroatoms. The molecule has 0 aliphatic carbocycles. The molecular weight excluding hydrogens is 287 g/mol. The zero-order valence-corrected chi connectivity index (χ0v) is 11.1. The van der Waals surface area contributed by atoms with E-state index in [1.165, 1.54) is 31.4 Å². The average Bonchev–Trinajstić information content (AvgIpc) is 2.94. The molecule has 2 rings (SSSR count). The summed E-state index contributed by atoms with van der Waals surface area (Å²) in [4.78, 5) is 22.9. The molecule has 6 nitrogen and oxygen atoms in total. The lowest BCUT2D eigenvalue weighted by Crippen LogP contribution is -2.14. The fraction of sp³-hybridized carbons (Fsp3) is 0.167. The number of aromatic nitrogens is 2. The molecular formula is C12H9FN2O4S. The Morgan fingerprint density at radius 3 is 2.65 bits per heavy atom. The molecule has 0 N–H and O–H groups in total. The Balaban J connectivity index is 2.18. The lowest BCUT2D eigenvalue weighted by Gasteiger charge is -2.03. The van der Waals surface area contributed by atoms with E-state index in [2.05, 4.69) is 14.3 Å². The predicted molar refractivity (Wildman–Crippen MR) is 67.6 cm³/mol. The summed E-state index contributed by atoms with van der Waals surface area (Å²) in [6, 6.07) is 5.45. The zero-order chi connectivity index (χ0) is 14.5. The minimum absolute atomic E-state index is 0.139. The number of halogens is 1. The molecule has 20 heavy (non-hydrogen) atoms. The van der Waals surface area contributed by atoms with Crippen LogP contribution in [0.5, 0.6) is 0 Å². The summed E-state index contributed by atoms with van der Waals surface area (Å²) in [5.41, 5.74) is 0.815. The Kier molecular flexibility index (Phi) is 4.36. The van der Waals surface area contributed by atoms with Crippen LogP contribution in [0.3, 0.4) is 0 Å². The maximum absolute atomic E-state index is 12.9. The standard InChI is InChI=1S/C12H9FN2O4S/c1-18-9(16)6-19-12(17)11-10(14-15-20-11)7-2-4-8(13)5-3-7/h2-5H,6H2,1H3. The second kappa shape index (κ2) is 6.20. The fourth-order valence-electron chi connectivity index (χ4n) is 1.37. The van der Waals surface area contributed by atoms with E-state index in [4.69, 9.17) is 4.74 Å². The van der Waals surface area contributed by atoms with Gasteiger partial charge in [0.1, 0.15) is 11.5 Å². The van der Waals surface area contributed by atoms with Gasteiger partial charge in [-0.15, -0.1) is 5.10 Å². The van der Waals surface area contributed by atoms with Crippen molar-refractivity contribution in [3.63, 3.8) is 0 Å². The van der Waals surface area contributed by atoms with Crippen LogP contribution < -0.4 is 0 Å². The number of hydrogen-bond donors (Lipinski definition) is 0. The van der Waals surface area contributed by atoms with E-state index in [1.807, 2.05) is 0 Å². The topological polar surface area (TPSA) is 78.4 Å². The first-order chi connectivity index (χ1) is 9.61. The number of methoxy groups -OCH3 is 1. The number of benzene rings is 1. The van der Waals surface area contributed by atoms with Crippen LogP contribution in [-0.4, -0.2) is 35.2 Å². The van der Waals surface area contributed by atoms with Crippen LogP contribution in [0.4, 0.5) is 4.39 Å². The van der Waals surface area contributed by atoms with Crippen molar-refractivity contribution in [3.05, 3.63) is 35.0 Å². The molecule has 0 unspecified atom stereocenters. The number of carbonyl (C=O) groups is 2. The van der Waals surface area contributed by atoms with Crippen molar-refractivity contribution in [3.8, 4) is 11.3 Å². The number of nitrogens with zero attached hydrogens (tertiary/aromatic N) is 2. The lowest BCUT2D eigenvalue weighted by molar-refractivity contribution is -0.144. The van der Waals surface area contributed by atoms with Crippen molar-refractivity contribution in [2.24, 2.45) is 0 Å². The van der Waals surface area contributed by atoms with Gasteiger partial charge in [-0.2, -0.15) is 0 Å². The third-order valence-electron chi connectivity index (χ3n) is 2.34. The number of carbonyl (C=O) groups excluding carboxylic acids is 2. The van der Waals surface area contributed by atoms with Crippen LogP contribution in [-0.2, 0) is 14.3 Å². The van der Waals surface area contributed by atoms with Gasteiger partial charge in [-0.3, -0.25) is 0 Å². The van der Waals surface area contributed by atoms with E-state index in [1.54, 1.807) is 0 Å². The highest BCUT2D eigenvalue weighted by Gasteiger charge is 2.20. The first-order valence-electron chi connectivity index (χ1n) is 5.44. The van der Waals surface area contributed by atoms with Crippen molar-refractivity contribution < 1.29 is 23.5 Å².